The second kappa shape index (κ2) is 51.4. The van der Waals surface area contributed by atoms with Crippen LogP contribution in [0, 0.1) is 5.92 Å². The van der Waals surface area contributed by atoms with Gasteiger partial charge in [0.2, 0.25) is 0 Å². The molecule has 0 saturated heterocycles. The van der Waals surface area contributed by atoms with E-state index in [1.807, 2.05) is 0 Å². The van der Waals surface area contributed by atoms with Crippen LogP contribution >= 0.6 is 0 Å². The maximum Gasteiger partial charge on any atom is 0.306 e. The van der Waals surface area contributed by atoms with Crippen LogP contribution in [0.25, 0.3) is 0 Å². The molecule has 0 saturated carbocycles. The van der Waals surface area contributed by atoms with E-state index in [1.165, 1.54) is 218 Å². The first-order valence-corrected chi connectivity index (χ1v) is 28.4. The highest BCUT2D eigenvalue weighted by Crippen LogP contribution is 2.18. The number of hydrogen-bond acceptors (Lipinski definition) is 6. The van der Waals surface area contributed by atoms with E-state index in [9.17, 15) is 14.4 Å². The summed E-state index contributed by atoms with van der Waals surface area (Å²) >= 11 is 0. The van der Waals surface area contributed by atoms with Crippen LogP contribution in [-0.2, 0) is 28.6 Å². The lowest BCUT2D eigenvalue weighted by molar-refractivity contribution is -0.167. The van der Waals surface area contributed by atoms with Gasteiger partial charge in [0.05, 0.1) is 0 Å². The molecule has 0 aromatic heterocycles. The molecule has 0 amide bonds. The van der Waals surface area contributed by atoms with E-state index in [2.05, 4.69) is 27.7 Å². The van der Waals surface area contributed by atoms with E-state index in [-0.39, 0.29) is 31.1 Å². The van der Waals surface area contributed by atoms with Crippen LogP contribution in [0.1, 0.15) is 323 Å². The molecule has 6 nitrogen and oxygen atoms in total. The molecule has 0 radical (unpaired) electrons. The van der Waals surface area contributed by atoms with Gasteiger partial charge in [-0.2, -0.15) is 0 Å². The summed E-state index contributed by atoms with van der Waals surface area (Å²) in [6, 6.07) is 0. The lowest BCUT2D eigenvalue weighted by atomic mass is 9.99. The summed E-state index contributed by atoms with van der Waals surface area (Å²) in [4.78, 5) is 38.0. The second-order valence-electron chi connectivity index (χ2n) is 19.8. The first kappa shape index (κ1) is 61.4. The highest BCUT2D eigenvalue weighted by atomic mass is 16.6. The molecule has 0 aliphatic carbocycles. The number of ether oxygens (including phenoxy) is 3. The number of rotatable bonds is 52. The molecule has 2 atom stereocenters. The summed E-state index contributed by atoms with van der Waals surface area (Å²) < 4.78 is 16.8. The molecule has 374 valence electrons. The second-order valence-corrected chi connectivity index (χ2v) is 19.8. The van der Waals surface area contributed by atoms with Crippen LogP contribution in [0.4, 0.5) is 0 Å². The van der Waals surface area contributed by atoms with Crippen molar-refractivity contribution in [3.8, 4) is 0 Å². The maximum atomic E-state index is 12.8. The Morgan fingerprint density at radius 1 is 0.317 bits per heavy atom. The van der Waals surface area contributed by atoms with E-state index < -0.39 is 6.10 Å². The third kappa shape index (κ3) is 49.7. The highest BCUT2D eigenvalue weighted by Gasteiger charge is 2.19. The normalized spacial score (nSPS) is 12.4. The Morgan fingerprint density at radius 3 is 0.825 bits per heavy atom. The summed E-state index contributed by atoms with van der Waals surface area (Å²) in [5.41, 5.74) is 0. The molecule has 1 unspecified atom stereocenters. The zero-order chi connectivity index (χ0) is 45.9. The van der Waals surface area contributed by atoms with Crippen molar-refractivity contribution in [2.75, 3.05) is 13.2 Å². The van der Waals surface area contributed by atoms with Gasteiger partial charge in [-0.15, -0.1) is 0 Å². The van der Waals surface area contributed by atoms with Gasteiger partial charge in [-0.1, -0.05) is 285 Å². The number of carbonyl (C=O) groups is 3. The van der Waals surface area contributed by atoms with Crippen molar-refractivity contribution in [1.82, 2.24) is 0 Å². The van der Waals surface area contributed by atoms with Gasteiger partial charge in [-0.25, -0.2) is 0 Å². The van der Waals surface area contributed by atoms with Crippen molar-refractivity contribution in [1.29, 1.82) is 0 Å². The molecule has 0 heterocycles. The molecule has 0 rings (SSSR count). The Morgan fingerprint density at radius 2 is 0.556 bits per heavy atom. The fraction of sp³-hybridized carbons (Fsp3) is 0.947. The van der Waals surface area contributed by atoms with E-state index in [1.54, 1.807) is 0 Å². The zero-order valence-electron chi connectivity index (χ0n) is 43.0. The quantitative estimate of drug-likeness (QED) is 0.0344. The van der Waals surface area contributed by atoms with Crippen molar-refractivity contribution >= 4 is 17.9 Å². The van der Waals surface area contributed by atoms with Crippen LogP contribution in [0.5, 0.6) is 0 Å². The van der Waals surface area contributed by atoms with Gasteiger partial charge in [0, 0.05) is 19.3 Å². The minimum absolute atomic E-state index is 0.0621. The number of esters is 3. The Labute approximate surface area is 393 Å². The van der Waals surface area contributed by atoms with E-state index in [0.29, 0.717) is 19.3 Å². The molecule has 6 heteroatoms. The average molecular weight is 892 g/mol. The topological polar surface area (TPSA) is 78.9 Å². The highest BCUT2D eigenvalue weighted by molar-refractivity contribution is 5.71. The van der Waals surface area contributed by atoms with Crippen molar-refractivity contribution in [3.05, 3.63) is 0 Å². The van der Waals surface area contributed by atoms with Gasteiger partial charge in [0.1, 0.15) is 13.2 Å². The van der Waals surface area contributed by atoms with Crippen molar-refractivity contribution in [2.45, 2.75) is 329 Å². The first-order chi connectivity index (χ1) is 30.9. The predicted octanol–water partition coefficient (Wildman–Crippen LogP) is 18.6. The van der Waals surface area contributed by atoms with Crippen LogP contribution in [-0.4, -0.2) is 37.2 Å². The van der Waals surface area contributed by atoms with Gasteiger partial charge in [-0.05, 0) is 25.2 Å². The third-order valence-corrected chi connectivity index (χ3v) is 13.4. The SMILES string of the molecule is CCCCCCCCCCCCCCCCCCCC(=O)OC[C@@H](COC(=O)CCCCCCCCCCCCCCCCC(C)CC)OC(=O)CCCCCCCCCCCC. The Hall–Kier alpha value is -1.59. The van der Waals surface area contributed by atoms with Crippen molar-refractivity contribution in [2.24, 2.45) is 5.92 Å². The van der Waals surface area contributed by atoms with Crippen LogP contribution < -0.4 is 0 Å². The third-order valence-electron chi connectivity index (χ3n) is 13.4. The molecule has 0 spiro atoms. The summed E-state index contributed by atoms with van der Waals surface area (Å²) in [5, 5.41) is 0. The van der Waals surface area contributed by atoms with Crippen molar-refractivity contribution in [3.63, 3.8) is 0 Å². The summed E-state index contributed by atoms with van der Waals surface area (Å²) in [6.07, 6.45) is 55.2. The fourth-order valence-electron chi connectivity index (χ4n) is 8.72. The zero-order valence-corrected chi connectivity index (χ0v) is 43.0. The lowest BCUT2D eigenvalue weighted by Crippen LogP contribution is -2.30. The van der Waals surface area contributed by atoms with Gasteiger partial charge < -0.3 is 14.2 Å². The van der Waals surface area contributed by atoms with Gasteiger partial charge in [0.15, 0.2) is 6.10 Å². The largest absolute Gasteiger partial charge is 0.462 e. The van der Waals surface area contributed by atoms with Crippen molar-refractivity contribution < 1.29 is 28.6 Å². The molecular formula is C57H110O6. The summed E-state index contributed by atoms with van der Waals surface area (Å²) in [5.74, 6) is 0.0568. The van der Waals surface area contributed by atoms with Crippen LogP contribution in [0.3, 0.4) is 0 Å². The molecule has 0 aliphatic rings. The molecule has 63 heavy (non-hydrogen) atoms. The fourth-order valence-corrected chi connectivity index (χ4v) is 8.72. The maximum absolute atomic E-state index is 12.8. The molecule has 0 aromatic rings. The van der Waals surface area contributed by atoms with Gasteiger partial charge >= 0.3 is 17.9 Å². The summed E-state index contributed by atoms with van der Waals surface area (Å²) in [6.45, 7) is 9.08. The van der Waals surface area contributed by atoms with Crippen LogP contribution in [0.15, 0.2) is 0 Å². The molecule has 0 N–H and O–H groups in total. The monoisotopic (exact) mass is 891 g/mol. The number of hydrogen-bond donors (Lipinski definition) is 0. The Balaban J connectivity index is 4.22. The molecule has 0 bridgehead atoms. The van der Waals surface area contributed by atoms with Gasteiger partial charge in [-0.3, -0.25) is 14.4 Å². The average Bonchev–Trinajstić information content (AvgIpc) is 3.28. The smallest absolute Gasteiger partial charge is 0.306 e. The predicted molar refractivity (Wildman–Crippen MR) is 270 cm³/mol. The first-order valence-electron chi connectivity index (χ1n) is 28.4. The lowest BCUT2D eigenvalue weighted by Gasteiger charge is -2.18. The minimum atomic E-state index is -0.761. The Kier molecular flexibility index (Phi) is 50.1. The number of carbonyl (C=O) groups excluding carboxylic acids is 3. The number of unbranched alkanes of at least 4 members (excludes halogenated alkanes) is 38. The molecule has 0 aliphatic heterocycles. The minimum Gasteiger partial charge on any atom is -0.462 e. The molecule has 0 fully saturated rings. The molecule has 0 aromatic carbocycles. The molecular weight excluding hydrogens is 781 g/mol. The van der Waals surface area contributed by atoms with E-state index in [4.69, 9.17) is 14.2 Å². The van der Waals surface area contributed by atoms with E-state index >= 15 is 0 Å². The standard InChI is InChI=1S/C57H110O6/c1-5-8-10-12-14-16-18-19-20-21-22-26-29-33-36-40-44-48-55(58)61-51-54(63-57(60)50-46-42-38-32-17-15-13-11-9-6-2)52-62-56(59)49-45-41-37-34-30-27-24-23-25-28-31-35-39-43-47-53(4)7-3/h53-54H,5-52H2,1-4H3/t53?,54-/m0/s1. The van der Waals surface area contributed by atoms with Gasteiger partial charge in [0.25, 0.3) is 0 Å². The van der Waals surface area contributed by atoms with E-state index in [0.717, 1.165) is 63.7 Å². The Bertz CT molecular complexity index is 951. The van der Waals surface area contributed by atoms with Crippen LogP contribution in [0.2, 0.25) is 0 Å². The summed E-state index contributed by atoms with van der Waals surface area (Å²) in [7, 11) is 0.